The Balaban J connectivity index is 1.26. The topological polar surface area (TPSA) is 3.24 Å². The highest BCUT2D eigenvalue weighted by Gasteiger charge is 2.36. The SMILES string of the molecule is CC1(C)c2ccccc2-c2ccc(N(c3cccc(-c4ccccc4)c3-c3ccc(-c4ccccc4)cc3)c3cccc4c3sc3ccccc34)cc21. The number of benzene rings is 8. The number of nitrogens with zero attached hydrogens (tertiary/aromatic N) is 1. The second kappa shape index (κ2) is 12.5. The van der Waals surface area contributed by atoms with E-state index in [1.54, 1.807) is 0 Å². The van der Waals surface area contributed by atoms with Crippen molar-refractivity contribution in [2.45, 2.75) is 19.3 Å². The van der Waals surface area contributed by atoms with E-state index >= 15 is 0 Å². The number of anilines is 3. The zero-order chi connectivity index (χ0) is 35.5. The molecule has 0 aliphatic heterocycles. The highest BCUT2D eigenvalue weighted by molar-refractivity contribution is 7.26. The van der Waals surface area contributed by atoms with Gasteiger partial charge in [0.05, 0.1) is 16.1 Å². The van der Waals surface area contributed by atoms with Crippen LogP contribution in [0.5, 0.6) is 0 Å². The first-order chi connectivity index (χ1) is 26.1. The molecule has 0 N–H and O–H groups in total. The van der Waals surface area contributed by atoms with Crippen LogP contribution in [0.3, 0.4) is 0 Å². The summed E-state index contributed by atoms with van der Waals surface area (Å²) in [5.74, 6) is 0. The Morgan fingerprint density at radius 1 is 0.415 bits per heavy atom. The van der Waals surface area contributed by atoms with E-state index < -0.39 is 0 Å². The first-order valence-corrected chi connectivity index (χ1v) is 19.2. The molecular weight excluding hydrogens is 659 g/mol. The summed E-state index contributed by atoms with van der Waals surface area (Å²) in [4.78, 5) is 2.53. The summed E-state index contributed by atoms with van der Waals surface area (Å²) in [5, 5.41) is 2.59. The maximum Gasteiger partial charge on any atom is 0.0640 e. The van der Waals surface area contributed by atoms with Crippen LogP contribution >= 0.6 is 11.3 Å². The molecule has 1 aliphatic carbocycles. The number of rotatable bonds is 6. The molecule has 53 heavy (non-hydrogen) atoms. The van der Waals surface area contributed by atoms with Gasteiger partial charge >= 0.3 is 0 Å². The van der Waals surface area contributed by atoms with Gasteiger partial charge < -0.3 is 4.90 Å². The number of fused-ring (bicyclic) bond motifs is 6. The molecule has 252 valence electrons. The zero-order valence-electron chi connectivity index (χ0n) is 29.8. The van der Waals surface area contributed by atoms with Gasteiger partial charge in [-0.1, -0.05) is 172 Å². The smallest absolute Gasteiger partial charge is 0.0640 e. The molecule has 0 saturated carbocycles. The lowest BCUT2D eigenvalue weighted by molar-refractivity contribution is 0.660. The molecule has 10 rings (SSSR count). The zero-order valence-corrected chi connectivity index (χ0v) is 30.6. The van der Waals surface area contributed by atoms with E-state index in [0.29, 0.717) is 0 Å². The van der Waals surface area contributed by atoms with Crippen molar-refractivity contribution >= 4 is 48.6 Å². The van der Waals surface area contributed by atoms with Gasteiger partial charge in [-0.3, -0.25) is 0 Å². The van der Waals surface area contributed by atoms with Crippen LogP contribution < -0.4 is 4.90 Å². The highest BCUT2D eigenvalue weighted by Crippen LogP contribution is 2.53. The molecule has 0 spiro atoms. The first-order valence-electron chi connectivity index (χ1n) is 18.4. The van der Waals surface area contributed by atoms with Crippen LogP contribution in [-0.4, -0.2) is 0 Å². The van der Waals surface area contributed by atoms with E-state index in [9.17, 15) is 0 Å². The molecule has 1 nitrogen and oxygen atoms in total. The summed E-state index contributed by atoms with van der Waals surface area (Å²) in [6, 6.07) is 69.1. The normalized spacial score (nSPS) is 12.9. The second-order valence-electron chi connectivity index (χ2n) is 14.5. The van der Waals surface area contributed by atoms with Crippen molar-refractivity contribution in [1.29, 1.82) is 0 Å². The van der Waals surface area contributed by atoms with Crippen molar-refractivity contribution in [1.82, 2.24) is 0 Å². The average molecular weight is 696 g/mol. The van der Waals surface area contributed by atoms with Gasteiger partial charge in [-0.2, -0.15) is 0 Å². The third-order valence-corrected chi connectivity index (χ3v) is 12.3. The van der Waals surface area contributed by atoms with E-state index in [1.807, 2.05) is 11.3 Å². The maximum atomic E-state index is 2.53. The van der Waals surface area contributed by atoms with Crippen molar-refractivity contribution < 1.29 is 0 Å². The minimum atomic E-state index is -0.126. The fourth-order valence-corrected chi connectivity index (χ4v) is 9.70. The van der Waals surface area contributed by atoms with Gasteiger partial charge in [-0.15, -0.1) is 11.3 Å². The Morgan fingerprint density at radius 3 is 1.81 bits per heavy atom. The minimum Gasteiger partial charge on any atom is -0.308 e. The average Bonchev–Trinajstić information content (AvgIpc) is 3.71. The molecule has 9 aromatic rings. The molecule has 1 heterocycles. The molecule has 1 aromatic heterocycles. The number of thiophene rings is 1. The molecule has 0 fully saturated rings. The minimum absolute atomic E-state index is 0.126. The summed E-state index contributed by atoms with van der Waals surface area (Å²) in [7, 11) is 0. The van der Waals surface area contributed by atoms with Gasteiger partial charge in [0.25, 0.3) is 0 Å². The van der Waals surface area contributed by atoms with Crippen molar-refractivity contribution in [2.75, 3.05) is 4.90 Å². The van der Waals surface area contributed by atoms with E-state index in [4.69, 9.17) is 0 Å². The highest BCUT2D eigenvalue weighted by atomic mass is 32.1. The Morgan fingerprint density at radius 2 is 1.00 bits per heavy atom. The van der Waals surface area contributed by atoms with Crippen LogP contribution in [0.1, 0.15) is 25.0 Å². The molecule has 0 atom stereocenters. The quantitative estimate of drug-likeness (QED) is 0.167. The maximum absolute atomic E-state index is 2.53. The van der Waals surface area contributed by atoms with E-state index in [1.165, 1.54) is 81.5 Å². The van der Waals surface area contributed by atoms with Crippen LogP contribution in [0, 0.1) is 0 Å². The van der Waals surface area contributed by atoms with Crippen LogP contribution in [0.15, 0.2) is 188 Å². The van der Waals surface area contributed by atoms with Gasteiger partial charge in [0, 0.05) is 32.1 Å². The van der Waals surface area contributed by atoms with Gasteiger partial charge in [0.15, 0.2) is 0 Å². The predicted molar refractivity (Wildman–Crippen MR) is 228 cm³/mol. The Bertz CT molecular complexity index is 2790. The molecule has 0 unspecified atom stereocenters. The third kappa shape index (κ3) is 5.13. The summed E-state index contributed by atoms with van der Waals surface area (Å²) < 4.78 is 2.59. The van der Waals surface area contributed by atoms with E-state index in [2.05, 4.69) is 207 Å². The van der Waals surface area contributed by atoms with Gasteiger partial charge in [-0.25, -0.2) is 0 Å². The van der Waals surface area contributed by atoms with Crippen LogP contribution in [-0.2, 0) is 5.41 Å². The fraction of sp³-hybridized carbons (Fsp3) is 0.0588. The van der Waals surface area contributed by atoms with E-state index in [-0.39, 0.29) is 5.41 Å². The lowest BCUT2D eigenvalue weighted by Gasteiger charge is -2.31. The molecule has 2 heteroatoms. The van der Waals surface area contributed by atoms with Crippen molar-refractivity contribution in [3.8, 4) is 44.5 Å². The lowest BCUT2D eigenvalue weighted by Crippen LogP contribution is -2.17. The number of hydrogen-bond donors (Lipinski definition) is 0. The lowest BCUT2D eigenvalue weighted by atomic mass is 9.82. The van der Waals surface area contributed by atoms with Crippen molar-refractivity contribution in [3.05, 3.63) is 199 Å². The van der Waals surface area contributed by atoms with Gasteiger partial charge in [0.2, 0.25) is 0 Å². The Kier molecular flexibility index (Phi) is 7.42. The number of hydrogen-bond acceptors (Lipinski definition) is 2. The predicted octanol–water partition coefficient (Wildman–Crippen LogP) is 14.8. The molecule has 1 aliphatic rings. The van der Waals surface area contributed by atoms with Crippen LogP contribution in [0.25, 0.3) is 64.7 Å². The molecular formula is C51H37NS. The van der Waals surface area contributed by atoms with Gasteiger partial charge in [0.1, 0.15) is 0 Å². The molecule has 0 saturated heterocycles. The Hall–Kier alpha value is -6.22. The second-order valence-corrected chi connectivity index (χ2v) is 15.5. The monoisotopic (exact) mass is 695 g/mol. The Labute approximate surface area is 315 Å². The van der Waals surface area contributed by atoms with Crippen molar-refractivity contribution in [3.63, 3.8) is 0 Å². The summed E-state index contributed by atoms with van der Waals surface area (Å²) >= 11 is 1.88. The van der Waals surface area contributed by atoms with E-state index in [0.717, 1.165) is 11.4 Å². The summed E-state index contributed by atoms with van der Waals surface area (Å²) in [6.45, 7) is 4.74. The van der Waals surface area contributed by atoms with Gasteiger partial charge in [-0.05, 0) is 80.4 Å². The third-order valence-electron chi connectivity index (χ3n) is 11.1. The summed E-state index contributed by atoms with van der Waals surface area (Å²) in [6.07, 6.45) is 0. The molecule has 0 radical (unpaired) electrons. The fourth-order valence-electron chi connectivity index (χ4n) is 8.50. The largest absolute Gasteiger partial charge is 0.308 e. The standard InChI is InChI=1S/C51H37NS/c1-51(2)44-23-11-9-19-40(44)41-32-31-38(33-45(41)51)52(47-25-14-22-43-42-20-10-12-26-48(42)53-50(43)47)46-24-13-21-39(36-17-7-4-8-18-36)49(46)37-29-27-35(28-30-37)34-15-5-3-6-16-34/h3-33H,1-2H3. The molecule has 8 aromatic carbocycles. The van der Waals surface area contributed by atoms with Crippen LogP contribution in [0.4, 0.5) is 17.1 Å². The first kappa shape index (κ1) is 31.5. The van der Waals surface area contributed by atoms with Crippen molar-refractivity contribution in [2.24, 2.45) is 0 Å². The molecule has 0 amide bonds. The van der Waals surface area contributed by atoms with Crippen LogP contribution in [0.2, 0.25) is 0 Å². The summed E-state index contributed by atoms with van der Waals surface area (Å²) in [5.41, 5.74) is 16.0. The molecule has 0 bridgehead atoms.